The van der Waals surface area contributed by atoms with Gasteiger partial charge in [0.25, 0.3) is 5.91 Å². The molecule has 0 saturated carbocycles. The van der Waals surface area contributed by atoms with Gasteiger partial charge in [-0.25, -0.2) is 0 Å². The van der Waals surface area contributed by atoms with Gasteiger partial charge in [0.1, 0.15) is 0 Å². The number of rotatable bonds is 4. The minimum atomic E-state index is -0.267. The number of nitrogens with one attached hydrogen (secondary N) is 1. The minimum absolute atomic E-state index is 0.0315. The maximum atomic E-state index is 12.5. The molecular formula is C20H19BrN2O4. The Labute approximate surface area is 165 Å². The van der Waals surface area contributed by atoms with Crippen LogP contribution in [0.4, 0.5) is 0 Å². The van der Waals surface area contributed by atoms with E-state index in [2.05, 4.69) is 21.4 Å². The predicted molar refractivity (Wildman–Crippen MR) is 101 cm³/mol. The Bertz CT molecular complexity index is 835. The highest BCUT2D eigenvalue weighted by atomic mass is 79.9. The fourth-order valence-corrected chi connectivity index (χ4v) is 3.64. The second-order valence-corrected chi connectivity index (χ2v) is 6.91. The Morgan fingerprint density at radius 2 is 1.85 bits per heavy atom. The van der Waals surface area contributed by atoms with E-state index in [0.717, 1.165) is 16.5 Å². The molecule has 0 aromatic heterocycles. The molecule has 2 atom stereocenters. The zero-order valence-corrected chi connectivity index (χ0v) is 16.3. The Kier molecular flexibility index (Phi) is 7.46. The van der Waals surface area contributed by atoms with Crippen LogP contribution in [0.3, 0.4) is 0 Å². The molecule has 2 aromatic carbocycles. The van der Waals surface area contributed by atoms with E-state index in [0.29, 0.717) is 12.0 Å². The Morgan fingerprint density at radius 1 is 1.19 bits per heavy atom. The molecule has 1 heterocycles. The molecule has 1 N–H and O–H groups in total. The number of hydrogen-bond acceptors (Lipinski definition) is 4. The highest BCUT2D eigenvalue weighted by molar-refractivity contribution is 9.10. The predicted octanol–water partition coefficient (Wildman–Crippen LogP) is 3.31. The molecule has 1 fully saturated rings. The van der Waals surface area contributed by atoms with Gasteiger partial charge in [-0.05, 0) is 30.2 Å². The Balaban J connectivity index is 0.000000817. The number of nitrogens with zero attached hydrogens (tertiary/aromatic N) is 1. The van der Waals surface area contributed by atoms with Gasteiger partial charge in [-0.3, -0.25) is 20.0 Å². The summed E-state index contributed by atoms with van der Waals surface area (Å²) in [6.07, 6.45) is 1.45. The molecule has 1 aliphatic heterocycles. The molecule has 6 nitrogen and oxygen atoms in total. The van der Waals surface area contributed by atoms with E-state index in [4.69, 9.17) is 9.59 Å². The summed E-state index contributed by atoms with van der Waals surface area (Å²) in [5, 5.41) is 1.51. The molecule has 1 saturated heterocycles. The first-order valence-electron chi connectivity index (χ1n) is 8.44. The third-order valence-corrected chi connectivity index (χ3v) is 4.91. The van der Waals surface area contributed by atoms with Crippen LogP contribution < -0.4 is 5.43 Å². The van der Waals surface area contributed by atoms with Crippen molar-refractivity contribution in [2.24, 2.45) is 0 Å². The molecule has 2 amide bonds. The number of amides is 2. The first kappa shape index (κ1) is 20.6. The third kappa shape index (κ3) is 5.12. The van der Waals surface area contributed by atoms with Crippen LogP contribution in [0.5, 0.6) is 0 Å². The number of carbonyl (C=O) groups excluding carboxylic acids is 4. The normalized spacial score (nSPS) is 18.3. The molecular weight excluding hydrogens is 412 g/mol. The number of carbonyl (C=O) groups is 2. The lowest BCUT2D eigenvalue weighted by Gasteiger charge is -2.27. The molecule has 1 unspecified atom stereocenters. The van der Waals surface area contributed by atoms with Crippen LogP contribution in [0.1, 0.15) is 41.6 Å². The van der Waals surface area contributed by atoms with Gasteiger partial charge in [-0.15, -0.1) is 0 Å². The monoisotopic (exact) mass is 430 g/mol. The van der Waals surface area contributed by atoms with Gasteiger partial charge in [0.15, 0.2) is 0 Å². The van der Waals surface area contributed by atoms with E-state index >= 15 is 0 Å². The minimum Gasteiger partial charge on any atom is -0.273 e. The maximum absolute atomic E-state index is 12.5. The molecule has 0 aliphatic carbocycles. The van der Waals surface area contributed by atoms with E-state index in [1.54, 1.807) is 18.2 Å². The number of hydrogen-bond donors (Lipinski definition) is 1. The summed E-state index contributed by atoms with van der Waals surface area (Å²) in [6.45, 7) is 2.04. The molecule has 0 spiro atoms. The highest BCUT2D eigenvalue weighted by Crippen LogP contribution is 2.35. The molecule has 2 aromatic rings. The van der Waals surface area contributed by atoms with Crippen LogP contribution in [-0.4, -0.2) is 29.0 Å². The largest absolute Gasteiger partial charge is 0.373 e. The van der Waals surface area contributed by atoms with Crippen molar-refractivity contribution in [1.29, 1.82) is 0 Å². The molecule has 0 radical (unpaired) electrons. The Morgan fingerprint density at radius 3 is 2.44 bits per heavy atom. The lowest BCUT2D eigenvalue weighted by atomic mass is 9.90. The average Bonchev–Trinajstić information content (AvgIpc) is 2.98. The van der Waals surface area contributed by atoms with E-state index in [1.165, 1.54) is 5.01 Å². The van der Waals surface area contributed by atoms with Crippen molar-refractivity contribution in [2.75, 3.05) is 0 Å². The SMILES string of the molecule is CC[C@H]1C(c2ccccc2)CC(=O)N1NC(=O)c1cccc(Br)c1.O=C=O. The number of hydrazine groups is 1. The van der Waals surface area contributed by atoms with Gasteiger partial charge in [-0.1, -0.05) is 59.3 Å². The summed E-state index contributed by atoms with van der Waals surface area (Å²) in [5.74, 6) is -0.206. The van der Waals surface area contributed by atoms with Crippen molar-refractivity contribution in [3.05, 3.63) is 70.2 Å². The fourth-order valence-electron chi connectivity index (χ4n) is 3.24. The van der Waals surface area contributed by atoms with Crippen LogP contribution in [0.25, 0.3) is 0 Å². The lowest BCUT2D eigenvalue weighted by molar-refractivity contribution is -0.191. The van der Waals surface area contributed by atoms with E-state index in [9.17, 15) is 9.59 Å². The third-order valence-electron chi connectivity index (χ3n) is 4.41. The van der Waals surface area contributed by atoms with Crippen molar-refractivity contribution < 1.29 is 19.2 Å². The van der Waals surface area contributed by atoms with Crippen LogP contribution in [0.2, 0.25) is 0 Å². The number of halogens is 1. The Hall–Kier alpha value is -2.76. The molecule has 27 heavy (non-hydrogen) atoms. The second kappa shape index (κ2) is 9.80. The molecule has 0 bridgehead atoms. The van der Waals surface area contributed by atoms with Gasteiger partial charge >= 0.3 is 6.15 Å². The highest BCUT2D eigenvalue weighted by Gasteiger charge is 2.40. The molecule has 7 heteroatoms. The van der Waals surface area contributed by atoms with Gasteiger partial charge in [0.05, 0.1) is 6.04 Å². The lowest BCUT2D eigenvalue weighted by Crippen LogP contribution is -2.48. The van der Waals surface area contributed by atoms with Crippen molar-refractivity contribution in [3.63, 3.8) is 0 Å². The standard InChI is InChI=1S/C19H19BrN2O2.CO2/c1-2-17-16(13-7-4-3-5-8-13)12-18(23)22(17)21-19(24)14-9-6-10-15(20)11-14;2-1-3/h3-11,16-17H,2,12H2,1H3,(H,21,24);/t16?,17-;/m0./s1. The van der Waals surface area contributed by atoms with Gasteiger partial charge in [0.2, 0.25) is 5.91 Å². The maximum Gasteiger partial charge on any atom is 0.373 e. The molecule has 1 aliphatic rings. The van der Waals surface area contributed by atoms with E-state index < -0.39 is 0 Å². The number of benzene rings is 2. The quantitative estimate of drug-likeness (QED) is 0.806. The van der Waals surface area contributed by atoms with Crippen LogP contribution in [-0.2, 0) is 14.4 Å². The van der Waals surface area contributed by atoms with Crippen LogP contribution >= 0.6 is 15.9 Å². The zero-order valence-electron chi connectivity index (χ0n) is 14.7. The smallest absolute Gasteiger partial charge is 0.273 e. The van der Waals surface area contributed by atoms with Crippen molar-refractivity contribution >= 4 is 33.9 Å². The summed E-state index contributed by atoms with van der Waals surface area (Å²) in [4.78, 5) is 41.2. The van der Waals surface area contributed by atoms with Gasteiger partial charge < -0.3 is 0 Å². The first-order chi connectivity index (χ1) is 13.0. The summed E-state index contributed by atoms with van der Waals surface area (Å²) < 4.78 is 0.831. The summed E-state index contributed by atoms with van der Waals surface area (Å²) in [6, 6.07) is 17.1. The van der Waals surface area contributed by atoms with Crippen molar-refractivity contribution in [3.8, 4) is 0 Å². The van der Waals surface area contributed by atoms with Gasteiger partial charge in [-0.2, -0.15) is 9.59 Å². The van der Waals surface area contributed by atoms with Gasteiger partial charge in [0, 0.05) is 22.4 Å². The van der Waals surface area contributed by atoms with E-state index in [1.807, 2.05) is 43.3 Å². The topological polar surface area (TPSA) is 83.6 Å². The molecule has 3 rings (SSSR count). The molecule has 140 valence electrons. The summed E-state index contributed by atoms with van der Waals surface area (Å²) >= 11 is 3.36. The zero-order chi connectivity index (χ0) is 19.8. The van der Waals surface area contributed by atoms with E-state index in [-0.39, 0.29) is 29.9 Å². The first-order valence-corrected chi connectivity index (χ1v) is 9.24. The van der Waals surface area contributed by atoms with Crippen molar-refractivity contribution in [1.82, 2.24) is 10.4 Å². The van der Waals surface area contributed by atoms with Crippen LogP contribution in [0.15, 0.2) is 59.1 Å². The van der Waals surface area contributed by atoms with Crippen molar-refractivity contribution in [2.45, 2.75) is 31.7 Å². The van der Waals surface area contributed by atoms with Crippen LogP contribution in [0, 0.1) is 0 Å². The average molecular weight is 431 g/mol. The summed E-state index contributed by atoms with van der Waals surface area (Å²) in [5.41, 5.74) is 4.46. The summed E-state index contributed by atoms with van der Waals surface area (Å²) in [7, 11) is 0. The fraction of sp³-hybridized carbons (Fsp3) is 0.250. The second-order valence-electron chi connectivity index (χ2n) is 6.00.